The van der Waals surface area contributed by atoms with Crippen molar-refractivity contribution >= 4 is 11.9 Å². The van der Waals surface area contributed by atoms with E-state index in [9.17, 15) is 4.79 Å². The van der Waals surface area contributed by atoms with Gasteiger partial charge in [0.25, 0.3) is 0 Å². The monoisotopic (exact) mass is 360 g/mol. The number of hydrogen-bond acceptors (Lipinski definition) is 3. The van der Waals surface area contributed by atoms with E-state index >= 15 is 0 Å². The SMILES string of the molecule is CCNC(=NCc1cccc(OC(C)C)c1)NC1CCN(C(=O)CC)C1. The molecule has 1 amide bonds. The van der Waals surface area contributed by atoms with E-state index in [0.29, 0.717) is 13.0 Å². The minimum atomic E-state index is 0.156. The molecular formula is C20H32N4O2. The van der Waals surface area contributed by atoms with Crippen molar-refractivity contribution in [1.82, 2.24) is 15.5 Å². The van der Waals surface area contributed by atoms with Crippen LogP contribution in [-0.2, 0) is 11.3 Å². The summed E-state index contributed by atoms with van der Waals surface area (Å²) < 4.78 is 5.74. The highest BCUT2D eigenvalue weighted by Crippen LogP contribution is 2.16. The Labute approximate surface area is 157 Å². The number of hydrogen-bond donors (Lipinski definition) is 2. The van der Waals surface area contributed by atoms with Crippen molar-refractivity contribution in [3.8, 4) is 5.75 Å². The van der Waals surface area contributed by atoms with Crippen molar-refractivity contribution in [2.24, 2.45) is 4.99 Å². The molecule has 2 N–H and O–H groups in total. The number of ether oxygens (including phenoxy) is 1. The Balaban J connectivity index is 1.95. The zero-order valence-corrected chi connectivity index (χ0v) is 16.4. The van der Waals surface area contributed by atoms with Gasteiger partial charge >= 0.3 is 0 Å². The minimum Gasteiger partial charge on any atom is -0.491 e. The third kappa shape index (κ3) is 6.24. The summed E-state index contributed by atoms with van der Waals surface area (Å²) in [6, 6.07) is 8.30. The van der Waals surface area contributed by atoms with Crippen LogP contribution >= 0.6 is 0 Å². The zero-order valence-electron chi connectivity index (χ0n) is 16.4. The van der Waals surface area contributed by atoms with Gasteiger partial charge in [0.1, 0.15) is 5.75 Å². The fourth-order valence-corrected chi connectivity index (χ4v) is 3.00. The van der Waals surface area contributed by atoms with Crippen molar-refractivity contribution < 1.29 is 9.53 Å². The molecule has 0 aliphatic carbocycles. The number of likely N-dealkylation sites (tertiary alicyclic amines) is 1. The fourth-order valence-electron chi connectivity index (χ4n) is 3.00. The van der Waals surface area contributed by atoms with Crippen LogP contribution in [0.1, 0.15) is 46.1 Å². The van der Waals surface area contributed by atoms with E-state index in [4.69, 9.17) is 9.73 Å². The van der Waals surface area contributed by atoms with E-state index in [1.807, 2.05) is 43.9 Å². The molecule has 1 saturated heterocycles. The first-order chi connectivity index (χ1) is 12.5. The molecule has 1 aliphatic heterocycles. The van der Waals surface area contributed by atoms with Crippen LogP contribution in [0.2, 0.25) is 0 Å². The van der Waals surface area contributed by atoms with Crippen LogP contribution in [0.3, 0.4) is 0 Å². The molecule has 1 aromatic rings. The summed E-state index contributed by atoms with van der Waals surface area (Å²) in [7, 11) is 0. The molecule has 0 aromatic heterocycles. The molecule has 1 heterocycles. The lowest BCUT2D eigenvalue weighted by Gasteiger charge is -2.18. The second-order valence-corrected chi connectivity index (χ2v) is 6.83. The van der Waals surface area contributed by atoms with E-state index in [0.717, 1.165) is 43.3 Å². The first-order valence-electron chi connectivity index (χ1n) is 9.60. The molecule has 6 nitrogen and oxygen atoms in total. The lowest BCUT2D eigenvalue weighted by Crippen LogP contribution is -2.45. The zero-order chi connectivity index (χ0) is 18.9. The standard InChI is InChI=1S/C20H32N4O2/c1-5-19(25)24-11-10-17(14-24)23-20(21-6-2)22-13-16-8-7-9-18(12-16)26-15(3)4/h7-9,12,15,17H,5-6,10-11,13-14H2,1-4H3,(H2,21,22,23). The number of carbonyl (C=O) groups is 1. The van der Waals surface area contributed by atoms with Crippen molar-refractivity contribution in [1.29, 1.82) is 0 Å². The van der Waals surface area contributed by atoms with Gasteiger partial charge in [-0.1, -0.05) is 19.1 Å². The first-order valence-corrected chi connectivity index (χ1v) is 9.60. The Bertz CT molecular complexity index is 616. The third-order valence-electron chi connectivity index (χ3n) is 4.22. The van der Waals surface area contributed by atoms with Crippen molar-refractivity contribution in [3.05, 3.63) is 29.8 Å². The Morgan fingerprint density at radius 1 is 1.38 bits per heavy atom. The molecule has 1 fully saturated rings. The van der Waals surface area contributed by atoms with Gasteiger partial charge in [0.15, 0.2) is 5.96 Å². The molecule has 1 aromatic carbocycles. The van der Waals surface area contributed by atoms with E-state index in [1.54, 1.807) is 0 Å². The molecule has 6 heteroatoms. The van der Waals surface area contributed by atoms with E-state index in [1.165, 1.54) is 0 Å². The van der Waals surface area contributed by atoms with E-state index in [-0.39, 0.29) is 18.1 Å². The molecule has 1 unspecified atom stereocenters. The van der Waals surface area contributed by atoms with Gasteiger partial charge in [0, 0.05) is 32.1 Å². The largest absolute Gasteiger partial charge is 0.491 e. The maximum absolute atomic E-state index is 11.8. The molecule has 0 spiro atoms. The number of nitrogens with one attached hydrogen (secondary N) is 2. The Morgan fingerprint density at radius 2 is 2.19 bits per heavy atom. The number of carbonyl (C=O) groups excluding carboxylic acids is 1. The highest BCUT2D eigenvalue weighted by atomic mass is 16.5. The highest BCUT2D eigenvalue weighted by molar-refractivity contribution is 5.80. The van der Waals surface area contributed by atoms with Crippen LogP contribution in [0.5, 0.6) is 5.75 Å². The fraction of sp³-hybridized carbons (Fsp3) is 0.600. The van der Waals surface area contributed by atoms with Gasteiger partial charge in [-0.2, -0.15) is 0 Å². The average molecular weight is 361 g/mol. The van der Waals surface area contributed by atoms with Gasteiger partial charge in [-0.3, -0.25) is 4.79 Å². The predicted octanol–water partition coefficient (Wildman–Crippen LogP) is 2.54. The van der Waals surface area contributed by atoms with Gasteiger partial charge in [0.05, 0.1) is 12.6 Å². The van der Waals surface area contributed by atoms with Crippen LogP contribution in [0, 0.1) is 0 Å². The Morgan fingerprint density at radius 3 is 2.88 bits per heavy atom. The Hall–Kier alpha value is -2.24. The first kappa shape index (κ1) is 20.1. The number of rotatable bonds is 7. The van der Waals surface area contributed by atoms with Crippen molar-refractivity contribution in [2.75, 3.05) is 19.6 Å². The smallest absolute Gasteiger partial charge is 0.222 e. The molecule has 0 bridgehead atoms. The van der Waals surface area contributed by atoms with Gasteiger partial charge in [-0.25, -0.2) is 4.99 Å². The summed E-state index contributed by atoms with van der Waals surface area (Å²) in [5.74, 6) is 1.88. The van der Waals surface area contributed by atoms with Gasteiger partial charge in [-0.15, -0.1) is 0 Å². The lowest BCUT2D eigenvalue weighted by atomic mass is 10.2. The highest BCUT2D eigenvalue weighted by Gasteiger charge is 2.25. The number of aliphatic imine (C=N–C) groups is 1. The van der Waals surface area contributed by atoms with Crippen LogP contribution in [0.25, 0.3) is 0 Å². The second-order valence-electron chi connectivity index (χ2n) is 6.83. The van der Waals surface area contributed by atoms with Gasteiger partial charge in [0.2, 0.25) is 5.91 Å². The number of benzene rings is 1. The number of amides is 1. The third-order valence-corrected chi connectivity index (χ3v) is 4.22. The molecule has 2 rings (SSSR count). The van der Waals surface area contributed by atoms with Crippen molar-refractivity contribution in [3.63, 3.8) is 0 Å². The van der Waals surface area contributed by atoms with Crippen LogP contribution in [-0.4, -0.2) is 48.5 Å². The van der Waals surface area contributed by atoms with Crippen molar-refractivity contribution in [2.45, 2.75) is 59.2 Å². The number of nitrogens with zero attached hydrogens (tertiary/aromatic N) is 2. The summed E-state index contributed by atoms with van der Waals surface area (Å²) in [4.78, 5) is 18.4. The van der Waals surface area contributed by atoms with E-state index < -0.39 is 0 Å². The summed E-state index contributed by atoms with van der Waals surface area (Å²) in [5.41, 5.74) is 1.11. The minimum absolute atomic E-state index is 0.156. The molecule has 1 atom stereocenters. The molecule has 0 saturated carbocycles. The van der Waals surface area contributed by atoms with Crippen LogP contribution < -0.4 is 15.4 Å². The summed E-state index contributed by atoms with van der Waals surface area (Å²) in [6.45, 7) is 10.9. The Kier molecular flexibility index (Phi) is 7.75. The van der Waals surface area contributed by atoms with Gasteiger partial charge in [-0.05, 0) is 44.9 Å². The average Bonchev–Trinajstić information content (AvgIpc) is 3.07. The second kappa shape index (κ2) is 10.0. The predicted molar refractivity (Wildman–Crippen MR) is 105 cm³/mol. The quantitative estimate of drug-likeness (QED) is 0.579. The molecule has 1 aliphatic rings. The maximum Gasteiger partial charge on any atom is 0.222 e. The molecule has 26 heavy (non-hydrogen) atoms. The van der Waals surface area contributed by atoms with Crippen LogP contribution in [0.4, 0.5) is 0 Å². The van der Waals surface area contributed by atoms with E-state index in [2.05, 4.69) is 23.6 Å². The molecular weight excluding hydrogens is 328 g/mol. The molecule has 0 radical (unpaired) electrons. The maximum atomic E-state index is 11.8. The summed E-state index contributed by atoms with van der Waals surface area (Å²) in [6.07, 6.45) is 1.67. The molecule has 144 valence electrons. The topological polar surface area (TPSA) is 66.0 Å². The summed E-state index contributed by atoms with van der Waals surface area (Å²) >= 11 is 0. The lowest BCUT2D eigenvalue weighted by molar-refractivity contribution is -0.129. The normalized spacial score (nSPS) is 17.5. The van der Waals surface area contributed by atoms with Gasteiger partial charge < -0.3 is 20.3 Å². The van der Waals surface area contributed by atoms with Crippen LogP contribution in [0.15, 0.2) is 29.3 Å². The summed E-state index contributed by atoms with van der Waals surface area (Å²) in [5, 5.41) is 6.75. The number of guanidine groups is 1.